The molecule has 0 saturated carbocycles. The van der Waals surface area contributed by atoms with E-state index in [-0.39, 0.29) is 18.4 Å². The molecule has 0 aliphatic carbocycles. The van der Waals surface area contributed by atoms with Gasteiger partial charge >= 0.3 is 0 Å². The van der Waals surface area contributed by atoms with Crippen LogP contribution in [0.2, 0.25) is 0 Å². The van der Waals surface area contributed by atoms with Crippen molar-refractivity contribution in [2.45, 2.75) is 13.5 Å². The third-order valence-corrected chi connectivity index (χ3v) is 4.33. The number of para-hydroxylation sites is 2. The van der Waals surface area contributed by atoms with Crippen LogP contribution < -0.4 is 20.7 Å². The van der Waals surface area contributed by atoms with E-state index in [1.807, 2.05) is 61.5 Å². The van der Waals surface area contributed by atoms with E-state index in [9.17, 15) is 9.59 Å². The second-order valence-electron chi connectivity index (χ2n) is 6.61. The van der Waals surface area contributed by atoms with Crippen molar-refractivity contribution in [2.75, 3.05) is 23.7 Å². The van der Waals surface area contributed by atoms with E-state index in [1.54, 1.807) is 24.3 Å². The summed E-state index contributed by atoms with van der Waals surface area (Å²) in [6.07, 6.45) is 0. The largest absolute Gasteiger partial charge is 0.487 e. The van der Waals surface area contributed by atoms with E-state index >= 15 is 0 Å². The molecule has 0 aliphatic rings. The highest BCUT2D eigenvalue weighted by Crippen LogP contribution is 2.24. The Labute approximate surface area is 176 Å². The van der Waals surface area contributed by atoms with Crippen molar-refractivity contribution in [3.8, 4) is 5.75 Å². The maximum absolute atomic E-state index is 12.3. The summed E-state index contributed by atoms with van der Waals surface area (Å²) in [7, 11) is 0. The van der Waals surface area contributed by atoms with Gasteiger partial charge in [-0.3, -0.25) is 9.59 Å². The van der Waals surface area contributed by atoms with Crippen molar-refractivity contribution in [3.63, 3.8) is 0 Å². The summed E-state index contributed by atoms with van der Waals surface area (Å²) in [5.41, 5.74) is 3.00. The van der Waals surface area contributed by atoms with E-state index < -0.39 is 0 Å². The van der Waals surface area contributed by atoms with Crippen LogP contribution in [-0.4, -0.2) is 24.9 Å². The van der Waals surface area contributed by atoms with Gasteiger partial charge in [0.1, 0.15) is 12.4 Å². The lowest BCUT2D eigenvalue weighted by atomic mass is 10.2. The summed E-state index contributed by atoms with van der Waals surface area (Å²) in [4.78, 5) is 24.1. The molecule has 0 saturated heterocycles. The summed E-state index contributed by atoms with van der Waals surface area (Å²) >= 11 is 0. The number of hydrogen-bond donors (Lipinski definition) is 3. The first-order chi connectivity index (χ1) is 14.7. The normalized spacial score (nSPS) is 10.2. The van der Waals surface area contributed by atoms with E-state index in [2.05, 4.69) is 16.0 Å². The number of carbonyl (C=O) groups excluding carboxylic acids is 2. The average Bonchev–Trinajstić information content (AvgIpc) is 2.78. The fourth-order valence-electron chi connectivity index (χ4n) is 2.82. The minimum absolute atomic E-state index is 0.0871. The van der Waals surface area contributed by atoms with Crippen LogP contribution in [0.25, 0.3) is 0 Å². The lowest BCUT2D eigenvalue weighted by Gasteiger charge is -2.13. The fourth-order valence-corrected chi connectivity index (χ4v) is 2.82. The molecule has 2 amide bonds. The highest BCUT2D eigenvalue weighted by molar-refractivity contribution is 5.96. The van der Waals surface area contributed by atoms with Gasteiger partial charge in [0.15, 0.2) is 0 Å². The fraction of sp³-hybridized carbons (Fsp3) is 0.167. The third kappa shape index (κ3) is 6.10. The highest BCUT2D eigenvalue weighted by Gasteiger charge is 2.08. The van der Waals surface area contributed by atoms with Crippen LogP contribution >= 0.6 is 0 Å². The zero-order chi connectivity index (χ0) is 21.2. The van der Waals surface area contributed by atoms with Gasteiger partial charge in [-0.1, -0.05) is 42.5 Å². The van der Waals surface area contributed by atoms with E-state index in [0.29, 0.717) is 30.2 Å². The molecule has 154 valence electrons. The summed E-state index contributed by atoms with van der Waals surface area (Å²) < 4.78 is 5.90. The molecule has 0 heterocycles. The van der Waals surface area contributed by atoms with Crippen molar-refractivity contribution < 1.29 is 14.3 Å². The van der Waals surface area contributed by atoms with Gasteiger partial charge in [0.05, 0.1) is 12.2 Å². The number of benzene rings is 3. The molecule has 3 rings (SSSR count). The number of ether oxygens (including phenoxy) is 1. The van der Waals surface area contributed by atoms with Gasteiger partial charge in [0, 0.05) is 17.8 Å². The molecule has 0 spiro atoms. The number of rotatable bonds is 9. The van der Waals surface area contributed by atoms with Gasteiger partial charge in [-0.2, -0.15) is 0 Å². The smallest absolute Gasteiger partial charge is 0.251 e. The van der Waals surface area contributed by atoms with Crippen molar-refractivity contribution >= 4 is 23.2 Å². The predicted molar refractivity (Wildman–Crippen MR) is 119 cm³/mol. The van der Waals surface area contributed by atoms with Crippen molar-refractivity contribution in [1.29, 1.82) is 0 Å². The Morgan fingerprint density at radius 3 is 2.30 bits per heavy atom. The van der Waals surface area contributed by atoms with Crippen LogP contribution in [0.4, 0.5) is 11.4 Å². The second kappa shape index (κ2) is 10.7. The van der Waals surface area contributed by atoms with Crippen molar-refractivity contribution in [2.24, 2.45) is 0 Å². The first-order valence-corrected chi connectivity index (χ1v) is 9.83. The van der Waals surface area contributed by atoms with Crippen LogP contribution in [0.3, 0.4) is 0 Å². The Balaban J connectivity index is 1.53. The first kappa shape index (κ1) is 20.9. The molecule has 0 unspecified atom stereocenters. The van der Waals surface area contributed by atoms with E-state index in [4.69, 9.17) is 4.74 Å². The number of carbonyl (C=O) groups is 2. The number of amides is 2. The highest BCUT2D eigenvalue weighted by atomic mass is 16.5. The van der Waals surface area contributed by atoms with Gasteiger partial charge in [-0.25, -0.2) is 0 Å². The molecular weight excluding hydrogens is 378 g/mol. The second-order valence-corrected chi connectivity index (χ2v) is 6.61. The molecule has 0 atom stereocenters. The van der Waals surface area contributed by atoms with Crippen LogP contribution in [0, 0.1) is 0 Å². The predicted octanol–water partition coefficient (Wildman–Crippen LogP) is 4.07. The Kier molecular flexibility index (Phi) is 7.44. The molecule has 3 aromatic rings. The zero-order valence-corrected chi connectivity index (χ0v) is 16.9. The molecule has 6 heteroatoms. The molecule has 0 bridgehead atoms. The maximum atomic E-state index is 12.3. The van der Waals surface area contributed by atoms with Crippen LogP contribution in [-0.2, 0) is 11.4 Å². The van der Waals surface area contributed by atoms with Crippen molar-refractivity contribution in [1.82, 2.24) is 5.32 Å². The Morgan fingerprint density at radius 1 is 0.867 bits per heavy atom. The molecule has 0 radical (unpaired) electrons. The lowest BCUT2D eigenvalue weighted by Crippen LogP contribution is -2.23. The van der Waals surface area contributed by atoms with Gasteiger partial charge < -0.3 is 20.7 Å². The van der Waals surface area contributed by atoms with Crippen LogP contribution in [0.15, 0.2) is 78.9 Å². The summed E-state index contributed by atoms with van der Waals surface area (Å²) in [5, 5.41) is 8.67. The molecule has 0 aromatic heterocycles. The topological polar surface area (TPSA) is 79.5 Å². The minimum Gasteiger partial charge on any atom is -0.487 e. The molecule has 3 aromatic carbocycles. The van der Waals surface area contributed by atoms with Crippen LogP contribution in [0.1, 0.15) is 22.8 Å². The Morgan fingerprint density at radius 2 is 1.57 bits per heavy atom. The SMILES string of the molecule is CCNC(=O)c1ccc(NC(=O)CNc2ccccc2OCc2ccccc2)cc1. The quantitative estimate of drug-likeness (QED) is 0.503. The maximum Gasteiger partial charge on any atom is 0.251 e. The summed E-state index contributed by atoms with van der Waals surface area (Å²) in [5.74, 6) is 0.350. The first-order valence-electron chi connectivity index (χ1n) is 9.83. The Hall–Kier alpha value is -3.80. The molecule has 3 N–H and O–H groups in total. The number of anilines is 2. The lowest BCUT2D eigenvalue weighted by molar-refractivity contribution is -0.114. The molecule has 6 nitrogen and oxygen atoms in total. The van der Waals surface area contributed by atoms with Gasteiger partial charge in [-0.05, 0) is 48.9 Å². The zero-order valence-electron chi connectivity index (χ0n) is 16.9. The number of hydrogen-bond acceptors (Lipinski definition) is 4. The molecule has 30 heavy (non-hydrogen) atoms. The van der Waals surface area contributed by atoms with Crippen molar-refractivity contribution in [3.05, 3.63) is 90.0 Å². The minimum atomic E-state index is -0.196. The Bertz CT molecular complexity index is 973. The van der Waals surface area contributed by atoms with Gasteiger partial charge in [0.25, 0.3) is 5.91 Å². The van der Waals surface area contributed by atoms with E-state index in [1.165, 1.54) is 0 Å². The summed E-state index contributed by atoms with van der Waals surface area (Å²) in [6.45, 7) is 2.97. The monoisotopic (exact) mass is 403 g/mol. The average molecular weight is 403 g/mol. The molecule has 0 fully saturated rings. The number of nitrogens with one attached hydrogen (secondary N) is 3. The standard InChI is InChI=1S/C24H25N3O3/c1-2-25-24(29)19-12-14-20(15-13-19)27-23(28)16-26-21-10-6-7-11-22(21)30-17-18-8-4-3-5-9-18/h3-15,26H,2,16-17H2,1H3,(H,25,29)(H,27,28). The van der Waals surface area contributed by atoms with E-state index in [0.717, 1.165) is 11.3 Å². The third-order valence-electron chi connectivity index (χ3n) is 4.33. The van der Waals surface area contributed by atoms with Gasteiger partial charge in [-0.15, -0.1) is 0 Å². The van der Waals surface area contributed by atoms with Gasteiger partial charge in [0.2, 0.25) is 5.91 Å². The van der Waals surface area contributed by atoms with Crippen LogP contribution in [0.5, 0.6) is 5.75 Å². The molecule has 0 aliphatic heterocycles. The summed E-state index contributed by atoms with van der Waals surface area (Å²) in [6, 6.07) is 24.2. The molecular formula is C24H25N3O3.